The van der Waals surface area contributed by atoms with Crippen LogP contribution in [0.15, 0.2) is 11.4 Å². The smallest absolute Gasteiger partial charge is 0.0441 e. The molecule has 0 aromatic carbocycles. The lowest BCUT2D eigenvalue weighted by molar-refractivity contribution is 0.371. The predicted octanol–water partition coefficient (Wildman–Crippen LogP) is 2.59. The normalized spacial score (nSPS) is 28.5. The Bertz CT molecular complexity index is 267. The van der Waals surface area contributed by atoms with Crippen LogP contribution in [-0.2, 0) is 6.42 Å². The largest absolute Gasteiger partial charge is 0.312 e. The first-order valence-corrected chi connectivity index (χ1v) is 5.44. The SMILES string of the molecule is CNC1c2sccc2CCC1C. The Morgan fingerprint density at radius 2 is 2.42 bits per heavy atom. The molecule has 1 nitrogen and oxygen atoms in total. The van der Waals surface area contributed by atoms with Crippen LogP contribution in [0.3, 0.4) is 0 Å². The van der Waals surface area contributed by atoms with Crippen LogP contribution in [-0.4, -0.2) is 7.05 Å². The molecule has 1 heterocycles. The Balaban J connectivity index is 2.34. The number of aryl methyl sites for hydroxylation is 1. The zero-order valence-corrected chi connectivity index (χ0v) is 8.45. The highest BCUT2D eigenvalue weighted by Crippen LogP contribution is 2.37. The molecule has 0 saturated heterocycles. The van der Waals surface area contributed by atoms with Crippen LogP contribution >= 0.6 is 11.3 Å². The van der Waals surface area contributed by atoms with Gasteiger partial charge >= 0.3 is 0 Å². The molecular weight excluding hydrogens is 166 g/mol. The van der Waals surface area contributed by atoms with Crippen molar-refractivity contribution in [2.45, 2.75) is 25.8 Å². The standard InChI is InChI=1S/C10H15NS/c1-7-3-4-8-5-6-12-10(8)9(7)11-2/h5-7,9,11H,3-4H2,1-2H3. The second-order valence-corrected chi connectivity index (χ2v) is 4.54. The molecule has 12 heavy (non-hydrogen) atoms. The lowest BCUT2D eigenvalue weighted by Crippen LogP contribution is -2.26. The minimum Gasteiger partial charge on any atom is -0.312 e. The van der Waals surface area contributed by atoms with Gasteiger partial charge in [-0.3, -0.25) is 0 Å². The Kier molecular flexibility index (Phi) is 2.20. The van der Waals surface area contributed by atoms with Crippen LogP contribution in [0.4, 0.5) is 0 Å². The molecule has 1 aliphatic carbocycles. The quantitative estimate of drug-likeness (QED) is 0.702. The maximum Gasteiger partial charge on any atom is 0.0441 e. The van der Waals surface area contributed by atoms with Crippen molar-refractivity contribution < 1.29 is 0 Å². The first-order chi connectivity index (χ1) is 5.83. The third kappa shape index (κ3) is 1.19. The molecule has 0 aliphatic heterocycles. The molecule has 2 heteroatoms. The van der Waals surface area contributed by atoms with Crippen LogP contribution < -0.4 is 5.32 Å². The van der Waals surface area contributed by atoms with Crippen LogP contribution in [0.5, 0.6) is 0 Å². The minimum atomic E-state index is 0.605. The Morgan fingerprint density at radius 1 is 1.58 bits per heavy atom. The zero-order valence-electron chi connectivity index (χ0n) is 7.63. The van der Waals surface area contributed by atoms with E-state index in [1.165, 1.54) is 12.8 Å². The van der Waals surface area contributed by atoms with Gasteiger partial charge in [0.05, 0.1) is 0 Å². The summed E-state index contributed by atoms with van der Waals surface area (Å²) in [6, 6.07) is 2.88. The third-order valence-electron chi connectivity index (χ3n) is 2.81. The number of hydrogen-bond acceptors (Lipinski definition) is 2. The molecule has 2 unspecified atom stereocenters. The molecule has 1 aromatic heterocycles. The fourth-order valence-corrected chi connectivity index (χ4v) is 3.25. The van der Waals surface area contributed by atoms with Crippen LogP contribution in [0.1, 0.15) is 29.8 Å². The minimum absolute atomic E-state index is 0.605. The van der Waals surface area contributed by atoms with Gasteiger partial charge in [-0.25, -0.2) is 0 Å². The van der Waals surface area contributed by atoms with Crippen molar-refractivity contribution in [3.8, 4) is 0 Å². The summed E-state index contributed by atoms with van der Waals surface area (Å²) in [5, 5.41) is 5.62. The van der Waals surface area contributed by atoms with E-state index in [1.807, 2.05) is 11.3 Å². The van der Waals surface area contributed by atoms with E-state index >= 15 is 0 Å². The molecule has 0 bridgehead atoms. The molecule has 1 aliphatic rings. The number of fused-ring (bicyclic) bond motifs is 1. The van der Waals surface area contributed by atoms with Gasteiger partial charge in [-0.1, -0.05) is 6.92 Å². The second-order valence-electron chi connectivity index (χ2n) is 3.59. The fourth-order valence-electron chi connectivity index (χ4n) is 2.05. The summed E-state index contributed by atoms with van der Waals surface area (Å²) in [4.78, 5) is 1.57. The number of thiophene rings is 1. The molecular formula is C10H15NS. The molecule has 0 saturated carbocycles. The van der Waals surface area contributed by atoms with E-state index in [9.17, 15) is 0 Å². The molecule has 0 amide bonds. The second kappa shape index (κ2) is 3.19. The summed E-state index contributed by atoms with van der Waals surface area (Å²) in [7, 11) is 2.07. The van der Waals surface area contributed by atoms with E-state index in [0.29, 0.717) is 6.04 Å². The van der Waals surface area contributed by atoms with Crippen LogP contribution in [0.2, 0.25) is 0 Å². The van der Waals surface area contributed by atoms with Crippen molar-refractivity contribution in [1.29, 1.82) is 0 Å². The Morgan fingerprint density at radius 3 is 3.17 bits per heavy atom. The van der Waals surface area contributed by atoms with Crippen molar-refractivity contribution in [3.05, 3.63) is 21.9 Å². The molecule has 0 radical (unpaired) electrons. The monoisotopic (exact) mass is 181 g/mol. The van der Waals surface area contributed by atoms with Gasteiger partial charge in [0, 0.05) is 10.9 Å². The Labute approximate surface area is 77.8 Å². The lowest BCUT2D eigenvalue weighted by Gasteiger charge is -2.28. The number of rotatable bonds is 1. The van der Waals surface area contributed by atoms with Crippen molar-refractivity contribution in [2.75, 3.05) is 7.05 Å². The summed E-state index contributed by atoms with van der Waals surface area (Å²) < 4.78 is 0. The highest BCUT2D eigenvalue weighted by atomic mass is 32.1. The average Bonchev–Trinajstić information content (AvgIpc) is 2.52. The number of nitrogens with one attached hydrogen (secondary N) is 1. The van der Waals surface area contributed by atoms with E-state index in [4.69, 9.17) is 0 Å². The molecule has 66 valence electrons. The highest BCUT2D eigenvalue weighted by molar-refractivity contribution is 7.10. The van der Waals surface area contributed by atoms with E-state index < -0.39 is 0 Å². The van der Waals surface area contributed by atoms with E-state index in [1.54, 1.807) is 10.4 Å². The van der Waals surface area contributed by atoms with Gasteiger partial charge in [-0.2, -0.15) is 0 Å². The summed E-state index contributed by atoms with van der Waals surface area (Å²) in [5.41, 5.74) is 1.57. The average molecular weight is 181 g/mol. The summed E-state index contributed by atoms with van der Waals surface area (Å²) in [5.74, 6) is 0.793. The van der Waals surface area contributed by atoms with Gasteiger partial charge in [0.15, 0.2) is 0 Å². The van der Waals surface area contributed by atoms with Crippen LogP contribution in [0.25, 0.3) is 0 Å². The first-order valence-electron chi connectivity index (χ1n) is 4.56. The van der Waals surface area contributed by atoms with Crippen molar-refractivity contribution in [3.63, 3.8) is 0 Å². The van der Waals surface area contributed by atoms with Gasteiger partial charge in [0.1, 0.15) is 0 Å². The van der Waals surface area contributed by atoms with E-state index in [-0.39, 0.29) is 0 Å². The van der Waals surface area contributed by atoms with Gasteiger partial charge in [-0.05, 0) is 42.8 Å². The molecule has 1 N–H and O–H groups in total. The summed E-state index contributed by atoms with van der Waals surface area (Å²) in [6.45, 7) is 2.34. The first kappa shape index (κ1) is 8.27. The van der Waals surface area contributed by atoms with E-state index in [2.05, 4.69) is 30.7 Å². The predicted molar refractivity (Wildman–Crippen MR) is 53.6 cm³/mol. The topological polar surface area (TPSA) is 12.0 Å². The molecule has 2 rings (SSSR count). The van der Waals surface area contributed by atoms with Gasteiger partial charge in [0.25, 0.3) is 0 Å². The third-order valence-corrected chi connectivity index (χ3v) is 3.85. The maximum absolute atomic E-state index is 3.41. The lowest BCUT2D eigenvalue weighted by atomic mass is 9.86. The maximum atomic E-state index is 3.41. The molecule has 0 fully saturated rings. The van der Waals surface area contributed by atoms with Gasteiger partial charge in [-0.15, -0.1) is 11.3 Å². The Hall–Kier alpha value is -0.340. The summed E-state index contributed by atoms with van der Waals surface area (Å²) >= 11 is 1.90. The van der Waals surface area contributed by atoms with Crippen molar-refractivity contribution >= 4 is 11.3 Å². The number of hydrogen-bond donors (Lipinski definition) is 1. The molecule has 1 aromatic rings. The molecule has 2 atom stereocenters. The van der Waals surface area contributed by atoms with Crippen LogP contribution in [0, 0.1) is 5.92 Å². The summed E-state index contributed by atoms with van der Waals surface area (Å²) in [6.07, 6.45) is 2.60. The highest BCUT2D eigenvalue weighted by Gasteiger charge is 2.25. The zero-order chi connectivity index (χ0) is 8.55. The molecule has 0 spiro atoms. The van der Waals surface area contributed by atoms with Gasteiger partial charge in [0.2, 0.25) is 0 Å². The van der Waals surface area contributed by atoms with Gasteiger partial charge < -0.3 is 5.32 Å². The van der Waals surface area contributed by atoms with Crippen molar-refractivity contribution in [2.24, 2.45) is 5.92 Å². The fraction of sp³-hybridized carbons (Fsp3) is 0.600. The van der Waals surface area contributed by atoms with E-state index in [0.717, 1.165) is 5.92 Å². The van der Waals surface area contributed by atoms with Crippen molar-refractivity contribution in [1.82, 2.24) is 5.32 Å².